The Kier molecular flexibility index (Phi) is 3.53. The predicted molar refractivity (Wildman–Crippen MR) is 98.7 cm³/mol. The SMILES string of the molecule is Cc1ccc(-c2nc3ccc(N)c(C=N)c3c3c2CCCC3)cn1. The molecule has 24 heavy (non-hydrogen) atoms. The quantitative estimate of drug-likeness (QED) is 0.553. The van der Waals surface area contributed by atoms with E-state index in [1.165, 1.54) is 30.2 Å². The molecule has 4 rings (SSSR count). The molecule has 0 saturated carbocycles. The molecule has 0 spiro atoms. The van der Waals surface area contributed by atoms with E-state index >= 15 is 0 Å². The maximum atomic E-state index is 7.78. The average Bonchev–Trinajstić information content (AvgIpc) is 2.62. The minimum atomic E-state index is 0.650. The fraction of sp³-hybridized carbons (Fsp3) is 0.250. The maximum Gasteiger partial charge on any atom is 0.0759 e. The van der Waals surface area contributed by atoms with Crippen molar-refractivity contribution in [2.45, 2.75) is 32.6 Å². The lowest BCUT2D eigenvalue weighted by Crippen LogP contribution is -2.09. The Morgan fingerprint density at radius 2 is 1.88 bits per heavy atom. The van der Waals surface area contributed by atoms with E-state index in [-0.39, 0.29) is 0 Å². The van der Waals surface area contributed by atoms with Crippen LogP contribution in [0.15, 0.2) is 30.5 Å². The summed E-state index contributed by atoms with van der Waals surface area (Å²) < 4.78 is 0. The van der Waals surface area contributed by atoms with Gasteiger partial charge in [-0.05, 0) is 68.0 Å². The minimum Gasteiger partial charge on any atom is -0.398 e. The summed E-state index contributed by atoms with van der Waals surface area (Å²) in [4.78, 5) is 9.38. The van der Waals surface area contributed by atoms with E-state index in [2.05, 4.69) is 11.1 Å². The molecule has 1 aliphatic rings. The molecule has 4 heteroatoms. The van der Waals surface area contributed by atoms with E-state index < -0.39 is 0 Å². The van der Waals surface area contributed by atoms with E-state index in [0.717, 1.165) is 46.3 Å². The van der Waals surface area contributed by atoms with Crippen molar-refractivity contribution in [2.75, 3.05) is 5.73 Å². The summed E-state index contributed by atoms with van der Waals surface area (Å²) in [5.41, 5.74) is 14.2. The normalized spacial score (nSPS) is 13.7. The largest absolute Gasteiger partial charge is 0.398 e. The van der Waals surface area contributed by atoms with Gasteiger partial charge in [0.1, 0.15) is 0 Å². The van der Waals surface area contributed by atoms with Crippen LogP contribution >= 0.6 is 0 Å². The predicted octanol–water partition coefficient (Wildman–Crippen LogP) is 4.06. The van der Waals surface area contributed by atoms with E-state index in [1.54, 1.807) is 0 Å². The van der Waals surface area contributed by atoms with Crippen LogP contribution < -0.4 is 5.73 Å². The highest BCUT2D eigenvalue weighted by Gasteiger charge is 2.21. The summed E-state index contributed by atoms with van der Waals surface area (Å²) in [7, 11) is 0. The zero-order chi connectivity index (χ0) is 16.7. The summed E-state index contributed by atoms with van der Waals surface area (Å²) in [6, 6.07) is 7.95. The minimum absolute atomic E-state index is 0.650. The van der Waals surface area contributed by atoms with Gasteiger partial charge in [-0.3, -0.25) is 4.98 Å². The number of pyridine rings is 2. The third kappa shape index (κ3) is 2.26. The smallest absolute Gasteiger partial charge is 0.0759 e. The van der Waals surface area contributed by atoms with Crippen molar-refractivity contribution in [1.29, 1.82) is 5.41 Å². The van der Waals surface area contributed by atoms with E-state index in [4.69, 9.17) is 16.1 Å². The number of nitrogens with one attached hydrogen (secondary N) is 1. The fourth-order valence-electron chi connectivity index (χ4n) is 3.67. The van der Waals surface area contributed by atoms with Crippen LogP contribution in [0.1, 0.15) is 35.2 Å². The van der Waals surface area contributed by atoms with Crippen molar-refractivity contribution >= 4 is 22.8 Å². The third-order valence-electron chi connectivity index (χ3n) is 4.87. The number of aryl methyl sites for hydroxylation is 2. The van der Waals surface area contributed by atoms with Gasteiger partial charge in [0, 0.05) is 40.3 Å². The zero-order valence-corrected chi connectivity index (χ0v) is 13.8. The molecule has 0 amide bonds. The lowest BCUT2D eigenvalue weighted by molar-refractivity contribution is 0.689. The summed E-state index contributed by atoms with van der Waals surface area (Å²) in [6.07, 6.45) is 7.66. The summed E-state index contributed by atoms with van der Waals surface area (Å²) >= 11 is 0. The molecule has 3 N–H and O–H groups in total. The number of anilines is 1. The molecule has 0 bridgehead atoms. The van der Waals surface area contributed by atoms with E-state index in [9.17, 15) is 0 Å². The van der Waals surface area contributed by atoms with E-state index in [1.807, 2.05) is 31.3 Å². The molecule has 0 unspecified atom stereocenters. The van der Waals surface area contributed by atoms with Crippen LogP contribution in [0.25, 0.3) is 22.2 Å². The highest BCUT2D eigenvalue weighted by atomic mass is 14.7. The standard InChI is InChI=1S/C20H20N4/c1-12-6-7-13(11-23-12)20-15-5-3-2-4-14(15)19-16(10-21)17(22)8-9-18(19)24-20/h6-11,21H,2-5,22H2,1H3. The van der Waals surface area contributed by atoms with Gasteiger partial charge in [0.05, 0.1) is 11.2 Å². The van der Waals surface area contributed by atoms with Gasteiger partial charge >= 0.3 is 0 Å². The van der Waals surface area contributed by atoms with Gasteiger partial charge in [0.2, 0.25) is 0 Å². The van der Waals surface area contributed by atoms with Gasteiger partial charge in [0.15, 0.2) is 0 Å². The highest BCUT2D eigenvalue weighted by molar-refractivity contribution is 6.05. The second-order valence-corrected chi connectivity index (χ2v) is 6.42. The van der Waals surface area contributed by atoms with Crippen LogP contribution in [0.3, 0.4) is 0 Å². The fourth-order valence-corrected chi connectivity index (χ4v) is 3.67. The van der Waals surface area contributed by atoms with Crippen molar-refractivity contribution in [3.8, 4) is 11.3 Å². The number of aromatic nitrogens is 2. The molecular weight excluding hydrogens is 296 g/mol. The molecule has 0 fully saturated rings. The van der Waals surface area contributed by atoms with Gasteiger partial charge in [-0.1, -0.05) is 0 Å². The van der Waals surface area contributed by atoms with Crippen molar-refractivity contribution in [3.63, 3.8) is 0 Å². The Morgan fingerprint density at radius 1 is 1.08 bits per heavy atom. The first-order valence-electron chi connectivity index (χ1n) is 8.36. The van der Waals surface area contributed by atoms with Crippen LogP contribution in [0.4, 0.5) is 5.69 Å². The Hall–Kier alpha value is -2.75. The Morgan fingerprint density at radius 3 is 2.58 bits per heavy atom. The van der Waals surface area contributed by atoms with Crippen LogP contribution in [-0.4, -0.2) is 16.2 Å². The second-order valence-electron chi connectivity index (χ2n) is 6.42. The monoisotopic (exact) mass is 316 g/mol. The molecule has 2 heterocycles. The van der Waals surface area contributed by atoms with Crippen LogP contribution in [0.5, 0.6) is 0 Å². The van der Waals surface area contributed by atoms with Crippen molar-refractivity contribution < 1.29 is 0 Å². The van der Waals surface area contributed by atoms with Gasteiger partial charge in [-0.2, -0.15) is 0 Å². The molecule has 0 atom stereocenters. The molecule has 3 aromatic rings. The number of rotatable bonds is 2. The number of nitrogens with two attached hydrogens (primary N) is 1. The Balaban J connectivity index is 2.08. The van der Waals surface area contributed by atoms with Crippen LogP contribution in [0, 0.1) is 12.3 Å². The van der Waals surface area contributed by atoms with Crippen LogP contribution in [-0.2, 0) is 12.8 Å². The molecule has 120 valence electrons. The number of hydrogen-bond donors (Lipinski definition) is 2. The molecule has 4 nitrogen and oxygen atoms in total. The number of fused-ring (bicyclic) bond motifs is 3. The Bertz CT molecular complexity index is 942. The number of benzene rings is 1. The lowest BCUT2D eigenvalue weighted by Gasteiger charge is -2.22. The number of nitrogens with zero attached hydrogens (tertiary/aromatic N) is 2. The first kappa shape index (κ1) is 14.8. The molecule has 0 aliphatic heterocycles. The van der Waals surface area contributed by atoms with Crippen molar-refractivity contribution in [2.24, 2.45) is 0 Å². The lowest BCUT2D eigenvalue weighted by atomic mass is 9.85. The first-order chi connectivity index (χ1) is 11.7. The van der Waals surface area contributed by atoms with Crippen molar-refractivity contribution in [1.82, 2.24) is 9.97 Å². The van der Waals surface area contributed by atoms with Gasteiger partial charge in [-0.25, -0.2) is 4.98 Å². The van der Waals surface area contributed by atoms with Gasteiger partial charge in [0.25, 0.3) is 0 Å². The molecule has 0 radical (unpaired) electrons. The summed E-state index contributed by atoms with van der Waals surface area (Å²) in [5.74, 6) is 0. The zero-order valence-electron chi connectivity index (χ0n) is 13.8. The first-order valence-corrected chi connectivity index (χ1v) is 8.36. The molecule has 1 aliphatic carbocycles. The van der Waals surface area contributed by atoms with Gasteiger partial charge in [-0.15, -0.1) is 0 Å². The van der Waals surface area contributed by atoms with Gasteiger partial charge < -0.3 is 11.1 Å². The van der Waals surface area contributed by atoms with Crippen molar-refractivity contribution in [3.05, 3.63) is 52.8 Å². The van der Waals surface area contributed by atoms with E-state index in [0.29, 0.717) is 5.69 Å². The molecule has 0 saturated heterocycles. The number of nitrogen functional groups attached to an aromatic ring is 1. The topological polar surface area (TPSA) is 75.7 Å². The third-order valence-corrected chi connectivity index (χ3v) is 4.87. The molecule has 1 aromatic carbocycles. The molecule has 2 aromatic heterocycles. The average molecular weight is 316 g/mol. The summed E-state index contributed by atoms with van der Waals surface area (Å²) in [5, 5.41) is 8.84. The molecular formula is C20H20N4. The Labute approximate surface area is 141 Å². The highest BCUT2D eigenvalue weighted by Crippen LogP contribution is 2.37. The maximum absolute atomic E-state index is 7.78. The summed E-state index contributed by atoms with van der Waals surface area (Å²) in [6.45, 7) is 1.99. The van der Waals surface area contributed by atoms with Crippen LogP contribution in [0.2, 0.25) is 0 Å². The second kappa shape index (κ2) is 5.71. The number of hydrogen-bond acceptors (Lipinski definition) is 4.